The van der Waals surface area contributed by atoms with Crippen LogP contribution in [0.15, 0.2) is 16.8 Å². The Morgan fingerprint density at radius 3 is 2.68 bits per heavy atom. The Hall–Kier alpha value is -0.930. The third-order valence-corrected chi connectivity index (χ3v) is 8.12. The topological polar surface area (TPSA) is 21.6 Å². The normalized spacial score (nSPS) is 43.4. The summed E-state index contributed by atoms with van der Waals surface area (Å²) < 4.78 is 31.5. The van der Waals surface area contributed by atoms with Crippen molar-refractivity contribution in [1.82, 2.24) is 0 Å². The average Bonchev–Trinajstić information content (AvgIpc) is 2.89. The van der Waals surface area contributed by atoms with Gasteiger partial charge in [0.1, 0.15) is 5.76 Å². The molecule has 4 aliphatic rings. The van der Waals surface area contributed by atoms with Gasteiger partial charge >= 0.3 is 0 Å². The molecule has 6 atom stereocenters. The van der Waals surface area contributed by atoms with E-state index < -0.39 is 6.43 Å². The first kappa shape index (κ1) is 17.5. The van der Waals surface area contributed by atoms with Gasteiger partial charge in [0, 0.05) is 30.5 Å². The number of nitrogens with zero attached hydrogens (tertiary/aromatic N) is 1. The summed E-state index contributed by atoms with van der Waals surface area (Å²) in [6.07, 6.45) is 8.33. The molecule has 0 saturated heterocycles. The van der Waals surface area contributed by atoms with E-state index in [1.807, 2.05) is 20.0 Å². The molecule has 4 heteroatoms. The van der Waals surface area contributed by atoms with E-state index in [0.717, 1.165) is 23.5 Å². The van der Waals surface area contributed by atoms with Crippen molar-refractivity contribution in [3.63, 3.8) is 0 Å². The quantitative estimate of drug-likeness (QED) is 0.439. The molecule has 2 nitrogen and oxygen atoms in total. The SMILES string of the molecule is CCC(CC(F)F)/C(=C/C(=NC)[C@@]12CC3CC4CC(C1)C4(C3)C2)OC. The first-order valence-corrected chi connectivity index (χ1v) is 9.97. The van der Waals surface area contributed by atoms with E-state index in [4.69, 9.17) is 4.74 Å². The van der Waals surface area contributed by atoms with Crippen LogP contribution in [0.5, 0.6) is 0 Å². The van der Waals surface area contributed by atoms with Gasteiger partial charge in [0.15, 0.2) is 0 Å². The van der Waals surface area contributed by atoms with Crippen LogP contribution in [0.1, 0.15) is 58.3 Å². The van der Waals surface area contributed by atoms with Gasteiger partial charge in [-0.25, -0.2) is 8.78 Å². The van der Waals surface area contributed by atoms with Gasteiger partial charge in [-0.3, -0.25) is 4.99 Å². The first-order chi connectivity index (χ1) is 12.0. The van der Waals surface area contributed by atoms with E-state index in [1.165, 1.54) is 38.5 Å². The predicted octanol–water partition coefficient (Wildman–Crippen LogP) is 5.49. The van der Waals surface area contributed by atoms with Crippen molar-refractivity contribution < 1.29 is 13.5 Å². The van der Waals surface area contributed by atoms with Gasteiger partial charge in [-0.05, 0) is 74.2 Å². The monoisotopic (exact) mass is 351 g/mol. The number of halogens is 2. The summed E-state index contributed by atoms with van der Waals surface area (Å²) in [5.41, 5.74) is 1.91. The predicted molar refractivity (Wildman–Crippen MR) is 95.9 cm³/mol. The molecule has 0 amide bonds. The maximum atomic E-state index is 12.9. The van der Waals surface area contributed by atoms with Gasteiger partial charge < -0.3 is 4.74 Å². The van der Waals surface area contributed by atoms with Crippen LogP contribution in [-0.4, -0.2) is 26.3 Å². The van der Waals surface area contributed by atoms with Crippen molar-refractivity contribution in [2.75, 3.05) is 14.2 Å². The number of hydrogen-bond acceptors (Lipinski definition) is 2. The lowest BCUT2D eigenvalue weighted by Gasteiger charge is -2.49. The van der Waals surface area contributed by atoms with Gasteiger partial charge in [0.2, 0.25) is 6.43 Å². The number of allylic oxidation sites excluding steroid dienone is 2. The highest BCUT2D eigenvalue weighted by molar-refractivity contribution is 6.00. The summed E-state index contributed by atoms with van der Waals surface area (Å²) in [5, 5.41) is 0. The zero-order valence-electron chi connectivity index (χ0n) is 15.7. The molecule has 0 aliphatic heterocycles. The van der Waals surface area contributed by atoms with Gasteiger partial charge in [0.05, 0.1) is 7.11 Å². The third kappa shape index (κ3) is 2.49. The minimum atomic E-state index is -2.30. The smallest absolute Gasteiger partial charge is 0.239 e. The van der Waals surface area contributed by atoms with Crippen LogP contribution < -0.4 is 0 Å². The van der Waals surface area contributed by atoms with E-state index in [9.17, 15) is 8.78 Å². The zero-order valence-corrected chi connectivity index (χ0v) is 15.7. The molecule has 1 spiro atoms. The Kier molecular flexibility index (Phi) is 4.24. The van der Waals surface area contributed by atoms with Gasteiger partial charge in [-0.1, -0.05) is 6.92 Å². The van der Waals surface area contributed by atoms with Crippen molar-refractivity contribution in [3.05, 3.63) is 11.8 Å². The fourth-order valence-electron chi connectivity index (χ4n) is 7.29. The molecule has 4 saturated carbocycles. The Balaban J connectivity index is 1.62. The van der Waals surface area contributed by atoms with Crippen LogP contribution in [0.2, 0.25) is 0 Å². The molecule has 4 fully saturated rings. The van der Waals surface area contributed by atoms with Crippen LogP contribution in [0, 0.1) is 34.5 Å². The van der Waals surface area contributed by atoms with E-state index in [-0.39, 0.29) is 17.8 Å². The molecule has 0 aromatic carbocycles. The molecule has 5 unspecified atom stereocenters. The molecular formula is C21H31F2NO. The second-order valence-electron chi connectivity index (χ2n) is 9.13. The fraction of sp³-hybridized carbons (Fsp3) is 0.857. The Morgan fingerprint density at radius 1 is 1.24 bits per heavy atom. The van der Waals surface area contributed by atoms with Crippen LogP contribution in [0.3, 0.4) is 0 Å². The number of hydrogen-bond donors (Lipinski definition) is 0. The maximum Gasteiger partial charge on any atom is 0.239 e. The highest BCUT2D eigenvalue weighted by Gasteiger charge is 2.71. The number of ether oxygens (including phenoxy) is 1. The minimum absolute atomic E-state index is 0.128. The second kappa shape index (κ2) is 6.06. The summed E-state index contributed by atoms with van der Waals surface area (Å²) in [5.74, 6) is 3.17. The molecule has 3 bridgehead atoms. The number of rotatable bonds is 7. The number of alkyl halides is 2. The molecule has 4 aliphatic carbocycles. The Morgan fingerprint density at radius 2 is 2.04 bits per heavy atom. The minimum Gasteiger partial charge on any atom is -0.501 e. The molecule has 0 radical (unpaired) electrons. The van der Waals surface area contributed by atoms with Gasteiger partial charge in [-0.2, -0.15) is 0 Å². The van der Waals surface area contributed by atoms with E-state index in [0.29, 0.717) is 17.6 Å². The lowest BCUT2D eigenvalue weighted by atomic mass is 9.55. The van der Waals surface area contributed by atoms with Crippen molar-refractivity contribution in [1.29, 1.82) is 0 Å². The molecule has 4 rings (SSSR count). The summed E-state index contributed by atoms with van der Waals surface area (Å²) in [6, 6.07) is 0. The number of methoxy groups -OCH3 is 1. The Bertz CT molecular complexity index is 597. The Labute approximate surface area is 150 Å². The van der Waals surface area contributed by atoms with Crippen LogP contribution >= 0.6 is 0 Å². The van der Waals surface area contributed by atoms with Gasteiger partial charge in [0.25, 0.3) is 0 Å². The third-order valence-electron chi connectivity index (χ3n) is 8.12. The number of fused-ring (bicyclic) bond motifs is 2. The fourth-order valence-corrected chi connectivity index (χ4v) is 7.29. The second-order valence-corrected chi connectivity index (χ2v) is 9.13. The molecular weight excluding hydrogens is 320 g/mol. The summed E-state index contributed by atoms with van der Waals surface area (Å²) >= 11 is 0. The molecule has 0 N–H and O–H groups in total. The van der Waals surface area contributed by atoms with E-state index in [1.54, 1.807) is 7.11 Å². The van der Waals surface area contributed by atoms with Crippen molar-refractivity contribution in [2.24, 2.45) is 39.5 Å². The lowest BCUT2D eigenvalue weighted by Crippen LogP contribution is -2.42. The van der Waals surface area contributed by atoms with Crippen molar-refractivity contribution >= 4 is 5.71 Å². The standard InChI is InChI=1S/C21H31F2NO/c1-4-14(6-19(22)23)17(25-3)8-18(24-2)20-9-13-5-15-7-16(11-20)21(15,10-13)12-20/h8,13-16,19H,4-7,9-12H2,1-3H3/b17-8-,24-18?/t13?,14?,15?,16?,20-,21?/m0/s1. The molecule has 25 heavy (non-hydrogen) atoms. The summed E-state index contributed by atoms with van der Waals surface area (Å²) in [6.45, 7) is 1.96. The highest BCUT2D eigenvalue weighted by atomic mass is 19.3. The highest BCUT2D eigenvalue weighted by Crippen LogP contribution is 2.79. The van der Waals surface area contributed by atoms with Crippen molar-refractivity contribution in [3.8, 4) is 0 Å². The zero-order chi connectivity index (χ0) is 17.8. The lowest BCUT2D eigenvalue weighted by molar-refractivity contribution is -0.000420. The van der Waals surface area contributed by atoms with E-state index >= 15 is 0 Å². The van der Waals surface area contributed by atoms with Crippen molar-refractivity contribution in [2.45, 2.75) is 64.7 Å². The summed E-state index contributed by atoms with van der Waals surface area (Å²) in [4.78, 5) is 4.68. The van der Waals surface area contributed by atoms with Crippen LogP contribution in [0.25, 0.3) is 0 Å². The molecule has 0 heterocycles. The maximum absolute atomic E-state index is 12.9. The van der Waals surface area contributed by atoms with Gasteiger partial charge in [-0.15, -0.1) is 0 Å². The van der Waals surface area contributed by atoms with E-state index in [2.05, 4.69) is 4.99 Å². The molecule has 0 aromatic heterocycles. The van der Waals surface area contributed by atoms with Crippen LogP contribution in [0.4, 0.5) is 8.78 Å². The summed E-state index contributed by atoms with van der Waals surface area (Å²) in [7, 11) is 3.48. The first-order valence-electron chi connectivity index (χ1n) is 9.97. The largest absolute Gasteiger partial charge is 0.501 e. The molecule has 0 aromatic rings. The number of aliphatic imine (C=N–C) groups is 1. The molecule has 140 valence electrons. The van der Waals surface area contributed by atoms with Crippen LogP contribution in [-0.2, 0) is 4.74 Å². The average molecular weight is 351 g/mol.